The molecule has 60 heavy (non-hydrogen) atoms. The predicted octanol–water partition coefficient (Wildman–Crippen LogP) is 15.7. The van der Waals surface area contributed by atoms with Crippen molar-refractivity contribution in [1.82, 2.24) is 9.97 Å². The van der Waals surface area contributed by atoms with Crippen LogP contribution in [0.2, 0.25) is 0 Å². The van der Waals surface area contributed by atoms with E-state index in [0.29, 0.717) is 5.82 Å². The van der Waals surface area contributed by atoms with Gasteiger partial charge in [-0.15, -0.1) is 0 Å². The summed E-state index contributed by atoms with van der Waals surface area (Å²) >= 11 is 0. The Labute approximate surface area is 347 Å². The van der Waals surface area contributed by atoms with Crippen LogP contribution in [0.5, 0.6) is 0 Å². The van der Waals surface area contributed by atoms with E-state index < -0.39 is 0 Å². The van der Waals surface area contributed by atoms with Gasteiger partial charge in [-0.2, -0.15) is 0 Å². The molecule has 278 valence electrons. The van der Waals surface area contributed by atoms with Crippen molar-refractivity contribution in [3.63, 3.8) is 0 Å². The normalized spacial score (nSPS) is 11.7. The van der Waals surface area contributed by atoms with Gasteiger partial charge in [0.2, 0.25) is 0 Å². The van der Waals surface area contributed by atoms with Gasteiger partial charge in [0.05, 0.1) is 11.4 Å². The SMILES string of the molecule is c1ccc(-c2cc(-c3ccc(-c4ccc(-c5cc6cccc7c8ccccc8c8ccccc8c8cccc5c8c67)cc4)c4ccccc34)nc(-c3ccccc3)n2)cc1. The average molecular weight is 761 g/mol. The summed E-state index contributed by atoms with van der Waals surface area (Å²) in [5.41, 5.74) is 9.74. The zero-order chi connectivity index (χ0) is 39.6. The Morgan fingerprint density at radius 1 is 0.233 bits per heavy atom. The van der Waals surface area contributed by atoms with Crippen molar-refractivity contribution < 1.29 is 0 Å². The lowest BCUT2D eigenvalue weighted by Gasteiger charge is -2.17. The van der Waals surface area contributed by atoms with E-state index >= 15 is 0 Å². The first-order valence-electron chi connectivity index (χ1n) is 20.6. The van der Waals surface area contributed by atoms with Gasteiger partial charge in [-0.3, -0.25) is 0 Å². The Morgan fingerprint density at radius 2 is 0.683 bits per heavy atom. The van der Waals surface area contributed by atoms with E-state index in [4.69, 9.17) is 9.97 Å². The Kier molecular flexibility index (Phi) is 7.89. The lowest BCUT2D eigenvalue weighted by atomic mass is 9.86. The molecule has 0 unspecified atom stereocenters. The highest BCUT2D eigenvalue weighted by Gasteiger charge is 2.18. The standard InChI is InChI=1S/C58H36N2/c1-3-15-39(16-4-1)54-36-55(60-58(59-54)40-17-5-2-6-18-40)49-34-33-42(43-20-7-10-23-46(43)49)37-29-31-38(32-30-37)53-35-41-19-13-26-50-47-24-11-8-21-44(47)45-22-9-12-25-48(45)51-27-14-28-52(53)57(51)56(41)50/h1-36H. The predicted molar refractivity (Wildman–Crippen MR) is 254 cm³/mol. The number of benzene rings is 10. The van der Waals surface area contributed by atoms with Crippen LogP contribution in [-0.4, -0.2) is 9.97 Å². The molecule has 0 N–H and O–H groups in total. The van der Waals surface area contributed by atoms with Crippen molar-refractivity contribution in [2.75, 3.05) is 0 Å². The molecule has 0 radical (unpaired) electrons. The molecule has 11 aromatic carbocycles. The molecule has 0 aliphatic rings. The van der Waals surface area contributed by atoms with Gasteiger partial charge < -0.3 is 0 Å². The monoisotopic (exact) mass is 760 g/mol. The van der Waals surface area contributed by atoms with Gasteiger partial charge >= 0.3 is 0 Å². The van der Waals surface area contributed by atoms with E-state index in [9.17, 15) is 0 Å². The molecular weight excluding hydrogens is 725 g/mol. The van der Waals surface area contributed by atoms with Gasteiger partial charge in [-0.05, 0) is 99.0 Å². The van der Waals surface area contributed by atoms with E-state index in [-0.39, 0.29) is 0 Å². The van der Waals surface area contributed by atoms with E-state index in [0.717, 1.165) is 33.5 Å². The van der Waals surface area contributed by atoms with Crippen LogP contribution in [-0.2, 0) is 0 Å². The number of nitrogens with zero attached hydrogens (tertiary/aromatic N) is 2. The van der Waals surface area contributed by atoms with Gasteiger partial charge in [-0.1, -0.05) is 206 Å². The van der Waals surface area contributed by atoms with E-state index in [1.54, 1.807) is 0 Å². The Bertz CT molecular complexity index is 3570. The zero-order valence-electron chi connectivity index (χ0n) is 32.7. The molecule has 0 saturated heterocycles. The summed E-state index contributed by atoms with van der Waals surface area (Å²) in [5.74, 6) is 0.714. The molecule has 1 heterocycles. The highest BCUT2D eigenvalue weighted by Crippen LogP contribution is 2.44. The van der Waals surface area contributed by atoms with Crippen LogP contribution in [0.1, 0.15) is 0 Å². The van der Waals surface area contributed by atoms with Crippen LogP contribution >= 0.6 is 0 Å². The maximum Gasteiger partial charge on any atom is 0.160 e. The quantitative estimate of drug-likeness (QED) is 0.163. The van der Waals surface area contributed by atoms with Gasteiger partial charge in [0.25, 0.3) is 0 Å². The summed E-state index contributed by atoms with van der Waals surface area (Å²) in [5, 5.41) is 15.1. The van der Waals surface area contributed by atoms with Gasteiger partial charge in [0, 0.05) is 16.7 Å². The first kappa shape index (κ1) is 34.1. The highest BCUT2D eigenvalue weighted by atomic mass is 14.9. The van der Waals surface area contributed by atoms with Crippen LogP contribution in [0.4, 0.5) is 0 Å². The molecule has 0 amide bonds. The summed E-state index contributed by atoms with van der Waals surface area (Å²) in [6, 6.07) is 78.9. The van der Waals surface area contributed by atoms with Crippen LogP contribution in [0.3, 0.4) is 0 Å². The third kappa shape index (κ3) is 5.50. The molecule has 0 aliphatic carbocycles. The summed E-state index contributed by atoms with van der Waals surface area (Å²) in [4.78, 5) is 10.2. The maximum atomic E-state index is 5.18. The van der Waals surface area contributed by atoms with Crippen LogP contribution < -0.4 is 0 Å². The fourth-order valence-corrected chi connectivity index (χ4v) is 9.50. The third-order valence-electron chi connectivity index (χ3n) is 12.3. The molecule has 0 atom stereocenters. The molecule has 0 saturated carbocycles. The lowest BCUT2D eigenvalue weighted by Crippen LogP contribution is -1.96. The molecule has 0 fully saturated rings. The van der Waals surface area contributed by atoms with Crippen molar-refractivity contribution in [2.45, 2.75) is 0 Å². The first-order chi connectivity index (χ1) is 29.8. The topological polar surface area (TPSA) is 25.8 Å². The minimum absolute atomic E-state index is 0.714. The minimum Gasteiger partial charge on any atom is -0.228 e. The molecule has 0 bridgehead atoms. The Morgan fingerprint density at radius 3 is 1.33 bits per heavy atom. The number of aromatic nitrogens is 2. The second kappa shape index (κ2) is 13.9. The molecule has 12 aromatic rings. The Balaban J connectivity index is 1.02. The molecule has 2 heteroatoms. The number of fused-ring (bicyclic) bond motifs is 6. The molecule has 12 rings (SSSR count). The van der Waals surface area contributed by atoms with Gasteiger partial charge in [0.1, 0.15) is 0 Å². The minimum atomic E-state index is 0.714. The molecule has 0 aliphatic heterocycles. The highest BCUT2D eigenvalue weighted by molar-refractivity contribution is 6.34. The van der Waals surface area contributed by atoms with Crippen molar-refractivity contribution in [1.29, 1.82) is 0 Å². The molecule has 2 nitrogen and oxygen atoms in total. The molecular formula is C58H36N2. The molecule has 0 spiro atoms. The van der Waals surface area contributed by atoms with Crippen molar-refractivity contribution >= 4 is 64.6 Å². The third-order valence-corrected chi connectivity index (χ3v) is 12.3. The maximum absolute atomic E-state index is 5.18. The van der Waals surface area contributed by atoms with Gasteiger partial charge in [0.15, 0.2) is 5.82 Å². The number of hydrogen-bond donors (Lipinski definition) is 0. The summed E-state index contributed by atoms with van der Waals surface area (Å²) in [6.45, 7) is 0. The van der Waals surface area contributed by atoms with Crippen LogP contribution in [0, 0.1) is 0 Å². The number of rotatable bonds is 5. The van der Waals surface area contributed by atoms with Crippen molar-refractivity contribution in [3.05, 3.63) is 218 Å². The number of hydrogen-bond acceptors (Lipinski definition) is 2. The fourth-order valence-electron chi connectivity index (χ4n) is 9.50. The molecule has 1 aromatic heterocycles. The average Bonchev–Trinajstić information content (AvgIpc) is 3.33. The van der Waals surface area contributed by atoms with E-state index in [1.165, 1.54) is 81.5 Å². The zero-order valence-corrected chi connectivity index (χ0v) is 32.7. The fraction of sp³-hybridized carbons (Fsp3) is 0. The lowest BCUT2D eigenvalue weighted by molar-refractivity contribution is 1.18. The summed E-state index contributed by atoms with van der Waals surface area (Å²) in [6.07, 6.45) is 0. The van der Waals surface area contributed by atoms with Crippen molar-refractivity contribution in [2.24, 2.45) is 0 Å². The van der Waals surface area contributed by atoms with Crippen LogP contribution in [0.15, 0.2) is 218 Å². The van der Waals surface area contributed by atoms with Crippen molar-refractivity contribution in [3.8, 4) is 56.2 Å². The largest absolute Gasteiger partial charge is 0.228 e. The second-order valence-electron chi connectivity index (χ2n) is 15.6. The van der Waals surface area contributed by atoms with Crippen LogP contribution in [0.25, 0.3) is 121 Å². The summed E-state index contributed by atoms with van der Waals surface area (Å²) in [7, 11) is 0. The van der Waals surface area contributed by atoms with E-state index in [2.05, 4.69) is 194 Å². The smallest absolute Gasteiger partial charge is 0.160 e. The van der Waals surface area contributed by atoms with Gasteiger partial charge in [-0.25, -0.2) is 9.97 Å². The first-order valence-corrected chi connectivity index (χ1v) is 20.6. The van der Waals surface area contributed by atoms with E-state index in [1.807, 2.05) is 24.3 Å². The second-order valence-corrected chi connectivity index (χ2v) is 15.6. The summed E-state index contributed by atoms with van der Waals surface area (Å²) < 4.78 is 0. The Hall–Kier alpha value is -7.94.